The zero-order valence-corrected chi connectivity index (χ0v) is 16.8. The minimum Gasteiger partial charge on any atom is -0.381 e. The van der Waals surface area contributed by atoms with E-state index in [0.29, 0.717) is 39.3 Å². The Labute approximate surface area is 171 Å². The molecular formula is C22H28N4O3. The van der Waals surface area contributed by atoms with E-state index < -0.39 is 0 Å². The molecule has 2 amide bonds. The number of carbonyl (C=O) groups is 2. The first kappa shape index (κ1) is 19.6. The summed E-state index contributed by atoms with van der Waals surface area (Å²) in [6.07, 6.45) is 3.67. The van der Waals surface area contributed by atoms with Crippen molar-refractivity contribution < 1.29 is 14.3 Å². The van der Waals surface area contributed by atoms with Gasteiger partial charge in [0.05, 0.1) is 11.5 Å². The molecule has 0 aliphatic carbocycles. The molecule has 2 aliphatic heterocycles. The summed E-state index contributed by atoms with van der Waals surface area (Å²) in [7, 11) is 0. The maximum Gasteiger partial charge on any atom is 0.227 e. The van der Waals surface area contributed by atoms with Crippen LogP contribution in [0.2, 0.25) is 0 Å². The average molecular weight is 396 g/mol. The van der Waals surface area contributed by atoms with Crippen LogP contribution in [0, 0.1) is 12.8 Å². The zero-order chi connectivity index (χ0) is 20.3. The standard InChI is InChI=1S/C22H28N4O3/c1-17-7-11-23-26(17)12-8-20(27)25-15-18(16-25)21(28)24-22(9-13-29-14-10-22)19-5-3-2-4-6-19/h2-7,11,18H,8-10,12-16H2,1H3,(H,24,28). The summed E-state index contributed by atoms with van der Waals surface area (Å²) in [5.41, 5.74) is 1.79. The van der Waals surface area contributed by atoms with E-state index in [4.69, 9.17) is 4.74 Å². The fourth-order valence-electron chi connectivity index (χ4n) is 4.14. The molecule has 2 saturated heterocycles. The van der Waals surface area contributed by atoms with E-state index in [1.165, 1.54) is 0 Å². The van der Waals surface area contributed by atoms with Gasteiger partial charge in [-0.15, -0.1) is 0 Å². The number of amides is 2. The van der Waals surface area contributed by atoms with Crippen LogP contribution < -0.4 is 5.32 Å². The lowest BCUT2D eigenvalue weighted by Gasteiger charge is -2.43. The number of carbonyl (C=O) groups excluding carboxylic acids is 2. The van der Waals surface area contributed by atoms with Gasteiger partial charge in [0.25, 0.3) is 0 Å². The maximum absolute atomic E-state index is 12.9. The second-order valence-electron chi connectivity index (χ2n) is 7.99. The van der Waals surface area contributed by atoms with Crippen molar-refractivity contribution >= 4 is 11.8 Å². The predicted octanol–water partition coefficient (Wildman–Crippen LogP) is 1.86. The van der Waals surface area contributed by atoms with Crippen molar-refractivity contribution in [3.8, 4) is 0 Å². The monoisotopic (exact) mass is 396 g/mol. The number of likely N-dealkylation sites (tertiary alicyclic amines) is 1. The van der Waals surface area contributed by atoms with Crippen LogP contribution in [-0.4, -0.2) is 52.8 Å². The van der Waals surface area contributed by atoms with Gasteiger partial charge in [0.2, 0.25) is 11.8 Å². The van der Waals surface area contributed by atoms with Crippen LogP contribution in [-0.2, 0) is 26.4 Å². The molecule has 2 aromatic rings. The molecule has 29 heavy (non-hydrogen) atoms. The number of rotatable bonds is 6. The molecule has 0 radical (unpaired) electrons. The molecule has 1 aromatic carbocycles. The van der Waals surface area contributed by atoms with Crippen LogP contribution in [0.25, 0.3) is 0 Å². The highest BCUT2D eigenvalue weighted by molar-refractivity contribution is 5.85. The van der Waals surface area contributed by atoms with Gasteiger partial charge in [0.15, 0.2) is 0 Å². The molecule has 2 aliphatic rings. The number of aryl methyl sites for hydroxylation is 2. The smallest absolute Gasteiger partial charge is 0.227 e. The number of ether oxygens (including phenoxy) is 1. The molecule has 0 spiro atoms. The van der Waals surface area contributed by atoms with Gasteiger partial charge in [-0.1, -0.05) is 30.3 Å². The number of nitrogens with one attached hydrogen (secondary N) is 1. The highest BCUT2D eigenvalue weighted by atomic mass is 16.5. The van der Waals surface area contributed by atoms with Gasteiger partial charge in [-0.3, -0.25) is 14.3 Å². The second kappa shape index (κ2) is 8.37. The van der Waals surface area contributed by atoms with E-state index in [-0.39, 0.29) is 23.3 Å². The van der Waals surface area contributed by atoms with Gasteiger partial charge >= 0.3 is 0 Å². The van der Waals surface area contributed by atoms with Crippen molar-refractivity contribution in [2.24, 2.45) is 5.92 Å². The normalized spacial score (nSPS) is 18.9. The van der Waals surface area contributed by atoms with E-state index in [9.17, 15) is 9.59 Å². The fraction of sp³-hybridized carbons (Fsp3) is 0.500. The molecule has 0 saturated carbocycles. The summed E-state index contributed by atoms with van der Waals surface area (Å²) in [4.78, 5) is 27.1. The van der Waals surface area contributed by atoms with Crippen molar-refractivity contribution in [2.75, 3.05) is 26.3 Å². The number of benzene rings is 1. The Kier molecular flexibility index (Phi) is 5.67. The summed E-state index contributed by atoms with van der Waals surface area (Å²) < 4.78 is 7.36. The van der Waals surface area contributed by atoms with Crippen molar-refractivity contribution in [1.82, 2.24) is 20.0 Å². The van der Waals surface area contributed by atoms with Crippen LogP contribution >= 0.6 is 0 Å². The van der Waals surface area contributed by atoms with E-state index in [1.807, 2.05) is 35.9 Å². The molecule has 1 aromatic heterocycles. The van der Waals surface area contributed by atoms with E-state index in [0.717, 1.165) is 24.1 Å². The minimum atomic E-state index is -0.376. The van der Waals surface area contributed by atoms with Gasteiger partial charge in [0, 0.05) is 51.2 Å². The lowest BCUT2D eigenvalue weighted by molar-refractivity contribution is -0.144. The second-order valence-corrected chi connectivity index (χ2v) is 7.99. The molecule has 0 bridgehead atoms. The largest absolute Gasteiger partial charge is 0.381 e. The van der Waals surface area contributed by atoms with Crippen LogP contribution in [0.15, 0.2) is 42.6 Å². The molecule has 7 heteroatoms. The van der Waals surface area contributed by atoms with Crippen LogP contribution in [0.4, 0.5) is 0 Å². The van der Waals surface area contributed by atoms with Crippen molar-refractivity contribution in [1.29, 1.82) is 0 Å². The van der Waals surface area contributed by atoms with E-state index >= 15 is 0 Å². The lowest BCUT2D eigenvalue weighted by Crippen LogP contribution is -2.59. The van der Waals surface area contributed by atoms with Gasteiger partial charge < -0.3 is 15.0 Å². The SMILES string of the molecule is Cc1ccnn1CCC(=O)N1CC(C(=O)NC2(c3ccccc3)CCOCC2)C1. The molecule has 1 N–H and O–H groups in total. The number of nitrogens with zero attached hydrogens (tertiary/aromatic N) is 3. The fourth-order valence-corrected chi connectivity index (χ4v) is 4.14. The van der Waals surface area contributed by atoms with Crippen molar-refractivity contribution in [2.45, 2.75) is 38.3 Å². The quantitative estimate of drug-likeness (QED) is 0.809. The van der Waals surface area contributed by atoms with Crippen LogP contribution in [0.1, 0.15) is 30.5 Å². The minimum absolute atomic E-state index is 0.0303. The molecule has 3 heterocycles. The van der Waals surface area contributed by atoms with Crippen molar-refractivity contribution in [3.63, 3.8) is 0 Å². The summed E-state index contributed by atoms with van der Waals surface area (Å²) in [5.74, 6) is -0.0377. The predicted molar refractivity (Wildman–Crippen MR) is 108 cm³/mol. The maximum atomic E-state index is 12.9. The highest BCUT2D eigenvalue weighted by Gasteiger charge is 2.41. The third-order valence-electron chi connectivity index (χ3n) is 6.11. The number of hydrogen-bond acceptors (Lipinski definition) is 4. The Morgan fingerprint density at radius 3 is 2.55 bits per heavy atom. The Morgan fingerprint density at radius 1 is 1.17 bits per heavy atom. The van der Waals surface area contributed by atoms with Crippen LogP contribution in [0.3, 0.4) is 0 Å². The lowest BCUT2D eigenvalue weighted by atomic mass is 9.81. The molecule has 4 rings (SSSR count). The molecule has 0 unspecified atom stereocenters. The summed E-state index contributed by atoms with van der Waals surface area (Å²) in [6.45, 7) is 4.80. The first-order valence-electron chi connectivity index (χ1n) is 10.3. The first-order valence-corrected chi connectivity index (χ1v) is 10.3. The van der Waals surface area contributed by atoms with E-state index in [1.54, 1.807) is 11.1 Å². The molecule has 7 nitrogen and oxygen atoms in total. The zero-order valence-electron chi connectivity index (χ0n) is 16.8. The summed E-state index contributed by atoms with van der Waals surface area (Å²) in [6, 6.07) is 12.1. The van der Waals surface area contributed by atoms with Gasteiger partial charge in [-0.25, -0.2) is 0 Å². The number of hydrogen-bond donors (Lipinski definition) is 1. The van der Waals surface area contributed by atoms with Gasteiger partial charge in [-0.05, 0) is 31.4 Å². The Balaban J connectivity index is 1.31. The molecule has 154 valence electrons. The third kappa shape index (κ3) is 4.19. The first-order chi connectivity index (χ1) is 14.1. The summed E-state index contributed by atoms with van der Waals surface area (Å²) >= 11 is 0. The highest BCUT2D eigenvalue weighted by Crippen LogP contribution is 2.33. The Bertz CT molecular complexity index is 852. The third-order valence-corrected chi connectivity index (χ3v) is 6.11. The molecule has 0 atom stereocenters. The average Bonchev–Trinajstić information content (AvgIpc) is 3.11. The molecular weight excluding hydrogens is 368 g/mol. The Hall–Kier alpha value is -2.67. The summed E-state index contributed by atoms with van der Waals surface area (Å²) in [5, 5.41) is 7.51. The van der Waals surface area contributed by atoms with Crippen molar-refractivity contribution in [3.05, 3.63) is 53.9 Å². The Morgan fingerprint density at radius 2 is 1.90 bits per heavy atom. The van der Waals surface area contributed by atoms with Gasteiger partial charge in [-0.2, -0.15) is 5.10 Å². The topological polar surface area (TPSA) is 76.5 Å². The van der Waals surface area contributed by atoms with Gasteiger partial charge in [0.1, 0.15) is 0 Å². The van der Waals surface area contributed by atoms with Crippen LogP contribution in [0.5, 0.6) is 0 Å². The van der Waals surface area contributed by atoms with E-state index in [2.05, 4.69) is 22.5 Å². The molecule has 2 fully saturated rings. The number of aromatic nitrogens is 2.